The first-order chi connectivity index (χ1) is 9.01. The van der Waals surface area contributed by atoms with Crippen molar-refractivity contribution in [3.05, 3.63) is 43.7 Å². The summed E-state index contributed by atoms with van der Waals surface area (Å²) in [5.74, 6) is 1.98. The summed E-state index contributed by atoms with van der Waals surface area (Å²) >= 11 is 10.2. The minimum Gasteiger partial charge on any atom is -0.496 e. The molecule has 0 amide bonds. The summed E-state index contributed by atoms with van der Waals surface area (Å²) in [6, 6.07) is 9.13. The van der Waals surface area contributed by atoms with Crippen LogP contribution in [-0.4, -0.2) is 7.11 Å². The largest absolute Gasteiger partial charge is 0.496 e. The van der Waals surface area contributed by atoms with Gasteiger partial charge in [-0.2, -0.15) is 0 Å². The van der Waals surface area contributed by atoms with Gasteiger partial charge in [-0.25, -0.2) is 0 Å². The van der Waals surface area contributed by atoms with Crippen molar-refractivity contribution in [3.63, 3.8) is 0 Å². The van der Waals surface area contributed by atoms with Gasteiger partial charge in [-0.15, -0.1) is 0 Å². The first-order valence-corrected chi connectivity index (χ1v) is 7.65. The number of halogens is 3. The second-order valence-electron chi connectivity index (χ2n) is 3.70. The molecule has 19 heavy (non-hydrogen) atoms. The molecule has 2 aromatic rings. The maximum Gasteiger partial charge on any atom is 0.150 e. The fraction of sp³-hybridized carbons (Fsp3) is 0.0769. The molecule has 0 aliphatic heterocycles. The number of benzene rings is 2. The first-order valence-electron chi connectivity index (χ1n) is 5.27. The topological polar surface area (TPSA) is 44.5 Å². The molecule has 0 aromatic heterocycles. The summed E-state index contributed by atoms with van der Waals surface area (Å²) < 4.78 is 13.5. The van der Waals surface area contributed by atoms with E-state index < -0.39 is 0 Å². The number of nitrogen functional groups attached to an aromatic ring is 1. The summed E-state index contributed by atoms with van der Waals surface area (Å²) in [5.41, 5.74) is 6.47. The van der Waals surface area contributed by atoms with Gasteiger partial charge in [0.05, 0.1) is 21.7 Å². The molecule has 100 valence electrons. The second kappa shape index (κ2) is 6.15. The predicted molar refractivity (Wildman–Crippen MR) is 87.0 cm³/mol. The summed E-state index contributed by atoms with van der Waals surface area (Å²) in [4.78, 5) is 0. The number of anilines is 1. The number of ether oxygens (including phenoxy) is 2. The lowest BCUT2D eigenvalue weighted by atomic mass is 10.3. The summed E-state index contributed by atoms with van der Waals surface area (Å²) in [6.07, 6.45) is 0. The van der Waals surface area contributed by atoms with Crippen LogP contribution >= 0.6 is 47.8 Å². The Morgan fingerprint density at radius 2 is 1.53 bits per heavy atom. The molecule has 0 radical (unpaired) electrons. The van der Waals surface area contributed by atoms with E-state index >= 15 is 0 Å². The van der Waals surface area contributed by atoms with Gasteiger partial charge in [0.1, 0.15) is 17.2 Å². The zero-order valence-electron chi connectivity index (χ0n) is 9.91. The van der Waals surface area contributed by atoms with E-state index in [0.29, 0.717) is 17.2 Å². The Hall–Kier alpha value is -0.720. The Morgan fingerprint density at radius 1 is 0.895 bits per heavy atom. The molecule has 0 unspecified atom stereocenters. The van der Waals surface area contributed by atoms with Gasteiger partial charge in [-0.1, -0.05) is 15.9 Å². The highest BCUT2D eigenvalue weighted by Gasteiger charge is 2.10. The highest BCUT2D eigenvalue weighted by molar-refractivity contribution is 9.11. The number of methoxy groups -OCH3 is 1. The minimum absolute atomic E-state index is 0.563. The molecule has 0 aliphatic carbocycles. The zero-order valence-corrected chi connectivity index (χ0v) is 14.7. The molecule has 2 rings (SSSR count). The number of hydrogen-bond donors (Lipinski definition) is 1. The highest BCUT2D eigenvalue weighted by Crippen LogP contribution is 2.39. The quantitative estimate of drug-likeness (QED) is 0.639. The van der Waals surface area contributed by atoms with Crippen molar-refractivity contribution in [3.8, 4) is 17.2 Å². The van der Waals surface area contributed by atoms with Crippen molar-refractivity contribution in [2.24, 2.45) is 0 Å². The molecule has 0 saturated carbocycles. The van der Waals surface area contributed by atoms with Gasteiger partial charge in [-0.3, -0.25) is 0 Å². The standard InChI is InChI=1S/C13H10Br3NO2/c1-18-12-5-9(16)13(6-8(12)15)19-11-3-2-7(14)4-10(11)17/h2-6H,17H2,1H3. The van der Waals surface area contributed by atoms with E-state index in [0.717, 1.165) is 19.2 Å². The van der Waals surface area contributed by atoms with Crippen LogP contribution in [0.3, 0.4) is 0 Å². The lowest BCUT2D eigenvalue weighted by Crippen LogP contribution is -1.93. The maximum absolute atomic E-state index is 5.91. The minimum atomic E-state index is 0.563. The fourth-order valence-corrected chi connectivity index (χ4v) is 2.74. The molecule has 0 spiro atoms. The van der Waals surface area contributed by atoms with E-state index in [1.165, 1.54) is 0 Å². The van der Waals surface area contributed by atoms with E-state index in [2.05, 4.69) is 47.8 Å². The number of nitrogens with two attached hydrogens (primary N) is 1. The van der Waals surface area contributed by atoms with Crippen LogP contribution in [0.15, 0.2) is 43.7 Å². The molecule has 3 nitrogen and oxygen atoms in total. The third-order valence-corrected chi connectivity index (χ3v) is 4.13. The average molecular weight is 452 g/mol. The van der Waals surface area contributed by atoms with E-state index in [4.69, 9.17) is 15.2 Å². The normalized spacial score (nSPS) is 10.3. The summed E-state index contributed by atoms with van der Waals surface area (Å²) in [5, 5.41) is 0. The van der Waals surface area contributed by atoms with Gasteiger partial charge in [0, 0.05) is 4.47 Å². The predicted octanol–water partition coefficient (Wildman–Crippen LogP) is 5.36. The fourth-order valence-electron chi connectivity index (χ4n) is 1.48. The van der Waals surface area contributed by atoms with Crippen molar-refractivity contribution >= 4 is 53.5 Å². The smallest absolute Gasteiger partial charge is 0.150 e. The molecular formula is C13H10Br3NO2. The summed E-state index contributed by atoms with van der Waals surface area (Å²) in [7, 11) is 1.61. The van der Waals surface area contributed by atoms with E-state index in [1.807, 2.05) is 24.3 Å². The van der Waals surface area contributed by atoms with Crippen LogP contribution in [0.25, 0.3) is 0 Å². The molecular weight excluding hydrogens is 442 g/mol. The monoisotopic (exact) mass is 449 g/mol. The maximum atomic E-state index is 5.91. The molecule has 0 bridgehead atoms. The molecule has 2 N–H and O–H groups in total. The molecule has 2 aromatic carbocycles. The number of hydrogen-bond acceptors (Lipinski definition) is 3. The van der Waals surface area contributed by atoms with Crippen molar-refractivity contribution in [2.45, 2.75) is 0 Å². The first kappa shape index (κ1) is 14.7. The molecule has 0 aliphatic rings. The van der Waals surface area contributed by atoms with E-state index in [-0.39, 0.29) is 0 Å². The van der Waals surface area contributed by atoms with Gasteiger partial charge >= 0.3 is 0 Å². The third-order valence-electron chi connectivity index (χ3n) is 2.40. The van der Waals surface area contributed by atoms with Crippen LogP contribution in [0.5, 0.6) is 17.2 Å². The molecule has 6 heteroatoms. The van der Waals surface area contributed by atoms with Crippen molar-refractivity contribution < 1.29 is 9.47 Å². The SMILES string of the molecule is COc1cc(Br)c(Oc2ccc(Br)cc2N)cc1Br. The van der Waals surface area contributed by atoms with Crippen molar-refractivity contribution in [1.82, 2.24) is 0 Å². The Balaban J connectivity index is 2.35. The van der Waals surface area contributed by atoms with Gasteiger partial charge in [-0.05, 0) is 62.2 Å². The van der Waals surface area contributed by atoms with Crippen LogP contribution in [0.1, 0.15) is 0 Å². The molecule has 0 fully saturated rings. The molecule has 0 saturated heterocycles. The van der Waals surface area contributed by atoms with E-state index in [9.17, 15) is 0 Å². The third kappa shape index (κ3) is 3.43. The van der Waals surface area contributed by atoms with E-state index in [1.54, 1.807) is 13.2 Å². The van der Waals surface area contributed by atoms with Gasteiger partial charge in [0.25, 0.3) is 0 Å². The van der Waals surface area contributed by atoms with Gasteiger partial charge in [0.2, 0.25) is 0 Å². The summed E-state index contributed by atoms with van der Waals surface area (Å²) in [6.45, 7) is 0. The van der Waals surface area contributed by atoms with Crippen LogP contribution in [-0.2, 0) is 0 Å². The Bertz CT molecular complexity index is 617. The van der Waals surface area contributed by atoms with Gasteiger partial charge < -0.3 is 15.2 Å². The average Bonchev–Trinajstić information content (AvgIpc) is 2.36. The molecule has 0 heterocycles. The van der Waals surface area contributed by atoms with Crippen LogP contribution in [0.4, 0.5) is 5.69 Å². The van der Waals surface area contributed by atoms with Crippen molar-refractivity contribution in [2.75, 3.05) is 12.8 Å². The molecule has 0 atom stereocenters. The second-order valence-corrected chi connectivity index (χ2v) is 6.33. The van der Waals surface area contributed by atoms with Crippen molar-refractivity contribution in [1.29, 1.82) is 0 Å². The van der Waals surface area contributed by atoms with Crippen LogP contribution in [0, 0.1) is 0 Å². The number of rotatable bonds is 3. The van der Waals surface area contributed by atoms with Gasteiger partial charge in [0.15, 0.2) is 0 Å². The lowest BCUT2D eigenvalue weighted by molar-refractivity contribution is 0.409. The van der Waals surface area contributed by atoms with Crippen LogP contribution < -0.4 is 15.2 Å². The Kier molecular flexibility index (Phi) is 4.76. The Labute approximate surface area is 136 Å². The Morgan fingerprint density at radius 3 is 2.16 bits per heavy atom. The lowest BCUT2D eigenvalue weighted by Gasteiger charge is -2.12. The van der Waals surface area contributed by atoms with Crippen LogP contribution in [0.2, 0.25) is 0 Å². The zero-order chi connectivity index (χ0) is 14.0. The highest BCUT2D eigenvalue weighted by atomic mass is 79.9.